The number of nitrogens with one attached hydrogen (secondary N) is 1. The zero-order chi connectivity index (χ0) is 13.1. The van der Waals surface area contributed by atoms with Gasteiger partial charge in [0, 0.05) is 17.5 Å². The molecule has 2 nitrogen and oxygen atoms in total. The number of aromatic nitrogens is 1. The van der Waals surface area contributed by atoms with Crippen molar-refractivity contribution in [3.8, 4) is 0 Å². The van der Waals surface area contributed by atoms with Gasteiger partial charge in [0.1, 0.15) is 0 Å². The smallest absolute Gasteiger partial charge is 0.0795 e. The summed E-state index contributed by atoms with van der Waals surface area (Å²) in [4.78, 5) is 4.36. The third-order valence-electron chi connectivity index (χ3n) is 3.29. The zero-order valence-corrected chi connectivity index (χ0v) is 12.2. The molecule has 2 atom stereocenters. The predicted molar refractivity (Wildman–Crippen MR) is 78.0 cm³/mol. The van der Waals surface area contributed by atoms with Crippen LogP contribution >= 0.6 is 11.3 Å². The Kier molecular flexibility index (Phi) is 4.15. The second-order valence-electron chi connectivity index (χ2n) is 4.88. The normalized spacial score (nSPS) is 14.4. The SMILES string of the molecule is Cc1ccc(C(C)NC(C)c2cscn2)c(C)c1. The van der Waals surface area contributed by atoms with E-state index >= 15 is 0 Å². The summed E-state index contributed by atoms with van der Waals surface area (Å²) in [7, 11) is 0. The minimum absolute atomic E-state index is 0.284. The Hall–Kier alpha value is -1.19. The molecule has 1 aromatic carbocycles. The first-order valence-corrected chi connectivity index (χ1v) is 7.23. The lowest BCUT2D eigenvalue weighted by Gasteiger charge is -2.21. The van der Waals surface area contributed by atoms with E-state index in [2.05, 4.69) is 61.6 Å². The molecule has 0 radical (unpaired) electrons. The molecule has 0 bridgehead atoms. The van der Waals surface area contributed by atoms with Crippen LogP contribution in [0.3, 0.4) is 0 Å². The van der Waals surface area contributed by atoms with Gasteiger partial charge in [-0.15, -0.1) is 11.3 Å². The first kappa shape index (κ1) is 13.2. The summed E-state index contributed by atoms with van der Waals surface area (Å²) < 4.78 is 0. The Labute approximate surface area is 113 Å². The standard InChI is InChI=1S/C15H20N2S/c1-10-5-6-14(11(2)7-10)12(3)17-13(4)15-8-18-9-16-15/h5-9,12-13,17H,1-4H3. The van der Waals surface area contributed by atoms with Gasteiger partial charge < -0.3 is 5.32 Å². The highest BCUT2D eigenvalue weighted by Crippen LogP contribution is 2.22. The highest BCUT2D eigenvalue weighted by molar-refractivity contribution is 7.07. The van der Waals surface area contributed by atoms with Gasteiger partial charge in [-0.1, -0.05) is 23.8 Å². The van der Waals surface area contributed by atoms with Crippen molar-refractivity contribution in [3.63, 3.8) is 0 Å². The molecular weight excluding hydrogens is 240 g/mol. The molecule has 0 aliphatic carbocycles. The van der Waals surface area contributed by atoms with E-state index in [-0.39, 0.29) is 6.04 Å². The van der Waals surface area contributed by atoms with E-state index in [0.717, 1.165) is 5.69 Å². The third-order valence-corrected chi connectivity index (χ3v) is 3.89. The Morgan fingerprint density at radius 1 is 1.17 bits per heavy atom. The molecule has 18 heavy (non-hydrogen) atoms. The van der Waals surface area contributed by atoms with Crippen LogP contribution in [-0.2, 0) is 0 Å². The molecule has 1 N–H and O–H groups in total. The lowest BCUT2D eigenvalue weighted by Crippen LogP contribution is -2.23. The molecular formula is C15H20N2S. The van der Waals surface area contributed by atoms with Crippen molar-refractivity contribution in [2.75, 3.05) is 0 Å². The first-order valence-electron chi connectivity index (χ1n) is 6.29. The molecule has 0 aliphatic heterocycles. The molecule has 2 rings (SSSR count). The van der Waals surface area contributed by atoms with Gasteiger partial charge in [0.25, 0.3) is 0 Å². The highest BCUT2D eigenvalue weighted by Gasteiger charge is 2.13. The molecule has 0 aliphatic rings. The second-order valence-corrected chi connectivity index (χ2v) is 5.60. The Bertz CT molecular complexity index is 505. The van der Waals surface area contributed by atoms with E-state index in [1.165, 1.54) is 16.7 Å². The van der Waals surface area contributed by atoms with Crippen molar-refractivity contribution in [1.82, 2.24) is 10.3 Å². The maximum absolute atomic E-state index is 4.36. The average molecular weight is 260 g/mol. The quantitative estimate of drug-likeness (QED) is 0.892. The molecule has 2 unspecified atom stereocenters. The fraction of sp³-hybridized carbons (Fsp3) is 0.400. The molecule has 0 spiro atoms. The Balaban J connectivity index is 2.10. The largest absolute Gasteiger partial charge is 0.302 e. The number of thiazole rings is 1. The van der Waals surface area contributed by atoms with Gasteiger partial charge in [-0.3, -0.25) is 0 Å². The minimum atomic E-state index is 0.284. The van der Waals surface area contributed by atoms with Gasteiger partial charge >= 0.3 is 0 Å². The number of benzene rings is 1. The summed E-state index contributed by atoms with van der Waals surface area (Å²) >= 11 is 1.64. The minimum Gasteiger partial charge on any atom is -0.302 e. The first-order chi connectivity index (χ1) is 8.58. The monoisotopic (exact) mass is 260 g/mol. The lowest BCUT2D eigenvalue weighted by molar-refractivity contribution is 0.486. The van der Waals surface area contributed by atoms with Crippen LogP contribution in [0.2, 0.25) is 0 Å². The third kappa shape index (κ3) is 2.98. The highest BCUT2D eigenvalue weighted by atomic mass is 32.1. The van der Waals surface area contributed by atoms with Crippen LogP contribution in [0, 0.1) is 13.8 Å². The average Bonchev–Trinajstić information content (AvgIpc) is 2.81. The summed E-state index contributed by atoms with van der Waals surface area (Å²) in [6, 6.07) is 7.25. The molecule has 96 valence electrons. The van der Waals surface area contributed by atoms with Crippen molar-refractivity contribution in [2.24, 2.45) is 0 Å². The van der Waals surface area contributed by atoms with Gasteiger partial charge in [0.05, 0.1) is 11.2 Å². The molecule has 3 heteroatoms. The molecule has 0 amide bonds. The Morgan fingerprint density at radius 3 is 2.56 bits per heavy atom. The van der Waals surface area contributed by atoms with Gasteiger partial charge in [-0.2, -0.15) is 0 Å². The van der Waals surface area contributed by atoms with Crippen molar-refractivity contribution in [1.29, 1.82) is 0 Å². The van der Waals surface area contributed by atoms with Crippen LogP contribution in [0.4, 0.5) is 0 Å². The number of nitrogens with zero attached hydrogens (tertiary/aromatic N) is 1. The lowest BCUT2D eigenvalue weighted by atomic mass is 9.99. The number of hydrogen-bond acceptors (Lipinski definition) is 3. The van der Waals surface area contributed by atoms with Crippen LogP contribution in [0.5, 0.6) is 0 Å². The van der Waals surface area contributed by atoms with E-state index in [0.29, 0.717) is 6.04 Å². The van der Waals surface area contributed by atoms with Crippen molar-refractivity contribution in [3.05, 3.63) is 51.5 Å². The van der Waals surface area contributed by atoms with Gasteiger partial charge in [0.15, 0.2) is 0 Å². The van der Waals surface area contributed by atoms with Gasteiger partial charge in [-0.25, -0.2) is 4.98 Å². The number of hydrogen-bond donors (Lipinski definition) is 1. The van der Waals surface area contributed by atoms with E-state index in [9.17, 15) is 0 Å². The van der Waals surface area contributed by atoms with Crippen molar-refractivity contribution < 1.29 is 0 Å². The van der Waals surface area contributed by atoms with Gasteiger partial charge in [-0.05, 0) is 38.8 Å². The summed E-state index contributed by atoms with van der Waals surface area (Å²) in [5.41, 5.74) is 7.03. The molecule has 1 aromatic heterocycles. The van der Waals surface area contributed by atoms with Crippen LogP contribution < -0.4 is 5.32 Å². The number of aryl methyl sites for hydroxylation is 2. The molecule has 0 fully saturated rings. The van der Waals surface area contributed by atoms with Crippen LogP contribution in [0.15, 0.2) is 29.1 Å². The van der Waals surface area contributed by atoms with E-state index < -0.39 is 0 Å². The van der Waals surface area contributed by atoms with E-state index in [1.807, 2.05) is 5.51 Å². The maximum atomic E-state index is 4.36. The number of rotatable bonds is 4. The van der Waals surface area contributed by atoms with Crippen LogP contribution in [0.25, 0.3) is 0 Å². The summed E-state index contributed by atoms with van der Waals surface area (Å²) in [5.74, 6) is 0. The van der Waals surface area contributed by atoms with Gasteiger partial charge in [0.2, 0.25) is 0 Å². The summed E-state index contributed by atoms with van der Waals surface area (Å²) in [6.45, 7) is 8.68. The van der Waals surface area contributed by atoms with E-state index in [1.54, 1.807) is 11.3 Å². The molecule has 0 saturated carbocycles. The molecule has 1 heterocycles. The van der Waals surface area contributed by atoms with Crippen molar-refractivity contribution >= 4 is 11.3 Å². The molecule has 0 saturated heterocycles. The van der Waals surface area contributed by atoms with Crippen LogP contribution in [0.1, 0.15) is 48.3 Å². The molecule has 2 aromatic rings. The second kappa shape index (κ2) is 5.63. The maximum Gasteiger partial charge on any atom is 0.0795 e. The summed E-state index contributed by atoms with van der Waals surface area (Å²) in [5, 5.41) is 5.71. The Morgan fingerprint density at radius 2 is 1.94 bits per heavy atom. The fourth-order valence-electron chi connectivity index (χ4n) is 2.30. The fourth-order valence-corrected chi connectivity index (χ4v) is 2.95. The van der Waals surface area contributed by atoms with Crippen LogP contribution in [-0.4, -0.2) is 4.98 Å². The topological polar surface area (TPSA) is 24.9 Å². The summed E-state index contributed by atoms with van der Waals surface area (Å²) in [6.07, 6.45) is 0. The zero-order valence-electron chi connectivity index (χ0n) is 11.4. The predicted octanol–water partition coefficient (Wildman–Crippen LogP) is 4.17. The van der Waals surface area contributed by atoms with E-state index in [4.69, 9.17) is 0 Å². The van der Waals surface area contributed by atoms with Crippen molar-refractivity contribution in [2.45, 2.75) is 39.8 Å².